The van der Waals surface area contributed by atoms with Crippen molar-refractivity contribution in [1.82, 2.24) is 4.98 Å². The topological polar surface area (TPSA) is 38.1 Å². The number of nitrogens with one attached hydrogen (secondary N) is 1. The quantitative estimate of drug-likeness (QED) is 0.603. The number of aromatic nitrogens is 1. The lowest BCUT2D eigenvalue weighted by molar-refractivity contribution is 0.526. The number of fused-ring (bicyclic) bond motifs is 1. The highest BCUT2D eigenvalue weighted by atomic mass is 79.9. The molecule has 0 bridgehead atoms. The number of furan rings is 1. The highest BCUT2D eigenvalue weighted by molar-refractivity contribution is 9.10. The van der Waals surface area contributed by atoms with Crippen LogP contribution in [0.3, 0.4) is 0 Å². The third-order valence-corrected chi connectivity index (χ3v) is 4.07. The first-order chi connectivity index (χ1) is 10.0. The van der Waals surface area contributed by atoms with Crippen molar-refractivity contribution < 1.29 is 4.42 Å². The van der Waals surface area contributed by atoms with Gasteiger partial charge in [-0.1, -0.05) is 27.5 Å². The van der Waals surface area contributed by atoms with Gasteiger partial charge in [0.1, 0.15) is 11.3 Å². The number of benzene rings is 1. The standard InChI is InChI=1S/C16H14BrClN2O/c1-9-5-13(16(18)19-8-9)20-10(2)15-7-11-6-12(17)3-4-14(11)21-15/h3-8,10,20H,1-2H3. The largest absolute Gasteiger partial charge is 0.459 e. The van der Waals surface area contributed by atoms with E-state index in [0.29, 0.717) is 5.15 Å². The van der Waals surface area contributed by atoms with Crippen LogP contribution in [0.4, 0.5) is 5.69 Å². The van der Waals surface area contributed by atoms with E-state index in [1.165, 1.54) is 0 Å². The lowest BCUT2D eigenvalue weighted by atomic mass is 10.2. The molecule has 0 fully saturated rings. The number of halogens is 2. The zero-order valence-electron chi connectivity index (χ0n) is 11.7. The number of aryl methyl sites for hydroxylation is 1. The molecule has 1 N–H and O–H groups in total. The second kappa shape index (κ2) is 5.70. The minimum absolute atomic E-state index is 0.00252. The molecule has 0 amide bonds. The number of pyridine rings is 1. The molecule has 3 nitrogen and oxygen atoms in total. The molecule has 108 valence electrons. The van der Waals surface area contributed by atoms with Crippen molar-refractivity contribution >= 4 is 44.2 Å². The molecule has 0 aliphatic carbocycles. The fourth-order valence-electron chi connectivity index (χ4n) is 2.21. The summed E-state index contributed by atoms with van der Waals surface area (Å²) >= 11 is 9.58. The van der Waals surface area contributed by atoms with E-state index in [-0.39, 0.29) is 6.04 Å². The molecule has 0 radical (unpaired) electrons. The fraction of sp³-hybridized carbons (Fsp3) is 0.188. The summed E-state index contributed by atoms with van der Waals surface area (Å²) in [6, 6.07) is 9.97. The Hall–Kier alpha value is -1.52. The molecule has 0 saturated carbocycles. The molecule has 2 heterocycles. The molecular formula is C16H14BrClN2O. The Morgan fingerprint density at radius 1 is 1.29 bits per heavy atom. The Morgan fingerprint density at radius 2 is 2.10 bits per heavy atom. The average molecular weight is 366 g/mol. The Balaban J connectivity index is 1.89. The minimum atomic E-state index is -0.00252. The van der Waals surface area contributed by atoms with E-state index in [2.05, 4.69) is 26.2 Å². The maximum absolute atomic E-state index is 6.12. The Morgan fingerprint density at radius 3 is 2.90 bits per heavy atom. The first kappa shape index (κ1) is 14.4. The van der Waals surface area contributed by atoms with Crippen LogP contribution in [0.2, 0.25) is 5.15 Å². The normalized spacial score (nSPS) is 12.6. The molecule has 2 aromatic heterocycles. The summed E-state index contributed by atoms with van der Waals surface area (Å²) in [7, 11) is 0. The number of rotatable bonds is 3. The van der Waals surface area contributed by atoms with E-state index < -0.39 is 0 Å². The van der Waals surface area contributed by atoms with Crippen LogP contribution in [0.1, 0.15) is 24.3 Å². The van der Waals surface area contributed by atoms with Crippen LogP contribution < -0.4 is 5.32 Å². The lowest BCUT2D eigenvalue weighted by Gasteiger charge is -2.14. The number of hydrogen-bond donors (Lipinski definition) is 1. The van der Waals surface area contributed by atoms with Gasteiger partial charge in [-0.3, -0.25) is 0 Å². The predicted molar refractivity (Wildman–Crippen MR) is 89.9 cm³/mol. The van der Waals surface area contributed by atoms with E-state index in [4.69, 9.17) is 16.0 Å². The predicted octanol–water partition coefficient (Wildman–Crippen LogP) is 5.73. The third kappa shape index (κ3) is 3.06. The van der Waals surface area contributed by atoms with E-state index in [9.17, 15) is 0 Å². The Kier molecular flexibility index (Phi) is 3.91. The van der Waals surface area contributed by atoms with Crippen LogP contribution in [0.5, 0.6) is 0 Å². The van der Waals surface area contributed by atoms with Crippen molar-refractivity contribution in [1.29, 1.82) is 0 Å². The highest BCUT2D eigenvalue weighted by Crippen LogP contribution is 2.30. The summed E-state index contributed by atoms with van der Waals surface area (Å²) < 4.78 is 6.92. The van der Waals surface area contributed by atoms with E-state index in [0.717, 1.165) is 32.5 Å². The van der Waals surface area contributed by atoms with Gasteiger partial charge >= 0.3 is 0 Å². The van der Waals surface area contributed by atoms with Crippen LogP contribution in [0.25, 0.3) is 11.0 Å². The molecule has 3 rings (SSSR count). The average Bonchev–Trinajstić information content (AvgIpc) is 2.86. The molecule has 0 aliphatic heterocycles. The number of nitrogens with zero attached hydrogens (tertiary/aromatic N) is 1. The molecule has 0 spiro atoms. The van der Waals surface area contributed by atoms with Gasteiger partial charge in [-0.05, 0) is 49.7 Å². The summed E-state index contributed by atoms with van der Waals surface area (Å²) in [5.41, 5.74) is 2.74. The molecule has 1 atom stereocenters. The van der Waals surface area contributed by atoms with Gasteiger partial charge in [-0.25, -0.2) is 4.98 Å². The molecule has 5 heteroatoms. The number of hydrogen-bond acceptors (Lipinski definition) is 3. The van der Waals surface area contributed by atoms with Crippen LogP contribution in [-0.2, 0) is 0 Å². The molecule has 1 aromatic carbocycles. The van der Waals surface area contributed by atoms with Crippen LogP contribution in [0, 0.1) is 6.92 Å². The molecule has 1 unspecified atom stereocenters. The van der Waals surface area contributed by atoms with Gasteiger partial charge in [0.25, 0.3) is 0 Å². The summed E-state index contributed by atoms with van der Waals surface area (Å²) in [6.45, 7) is 4.02. The van der Waals surface area contributed by atoms with Crippen LogP contribution >= 0.6 is 27.5 Å². The first-order valence-electron chi connectivity index (χ1n) is 6.60. The molecular weight excluding hydrogens is 352 g/mol. The molecule has 0 aliphatic rings. The van der Waals surface area contributed by atoms with Gasteiger partial charge in [0, 0.05) is 16.1 Å². The van der Waals surface area contributed by atoms with Crippen LogP contribution in [-0.4, -0.2) is 4.98 Å². The van der Waals surface area contributed by atoms with Gasteiger partial charge in [0.05, 0.1) is 11.7 Å². The zero-order chi connectivity index (χ0) is 15.0. The smallest absolute Gasteiger partial charge is 0.152 e. The second-order valence-corrected chi connectivity index (χ2v) is 6.32. The fourth-order valence-corrected chi connectivity index (χ4v) is 2.74. The van der Waals surface area contributed by atoms with Gasteiger partial charge < -0.3 is 9.73 Å². The van der Waals surface area contributed by atoms with Crippen molar-refractivity contribution in [2.75, 3.05) is 5.32 Å². The van der Waals surface area contributed by atoms with Gasteiger partial charge in [-0.2, -0.15) is 0 Å². The molecule has 3 aromatic rings. The molecule has 0 saturated heterocycles. The summed E-state index contributed by atoms with van der Waals surface area (Å²) in [5, 5.41) is 4.88. The van der Waals surface area contributed by atoms with Crippen molar-refractivity contribution in [3.05, 3.63) is 57.5 Å². The SMILES string of the molecule is Cc1cnc(Cl)c(NC(C)c2cc3cc(Br)ccc3o2)c1. The maximum Gasteiger partial charge on any atom is 0.152 e. The van der Waals surface area contributed by atoms with Gasteiger partial charge in [-0.15, -0.1) is 0 Å². The first-order valence-corrected chi connectivity index (χ1v) is 7.78. The highest BCUT2D eigenvalue weighted by Gasteiger charge is 2.13. The Bertz CT molecular complexity index is 800. The summed E-state index contributed by atoms with van der Waals surface area (Å²) in [4.78, 5) is 4.15. The maximum atomic E-state index is 6.12. The van der Waals surface area contributed by atoms with Crippen molar-refractivity contribution in [2.24, 2.45) is 0 Å². The molecule has 21 heavy (non-hydrogen) atoms. The van der Waals surface area contributed by atoms with Gasteiger partial charge in [0.15, 0.2) is 5.15 Å². The van der Waals surface area contributed by atoms with Gasteiger partial charge in [0.2, 0.25) is 0 Å². The summed E-state index contributed by atoms with van der Waals surface area (Å²) in [6.07, 6.45) is 1.75. The third-order valence-electron chi connectivity index (χ3n) is 3.27. The minimum Gasteiger partial charge on any atom is -0.459 e. The van der Waals surface area contributed by atoms with Crippen molar-refractivity contribution in [2.45, 2.75) is 19.9 Å². The van der Waals surface area contributed by atoms with E-state index >= 15 is 0 Å². The van der Waals surface area contributed by atoms with Crippen molar-refractivity contribution in [3.63, 3.8) is 0 Å². The monoisotopic (exact) mass is 364 g/mol. The van der Waals surface area contributed by atoms with Crippen LogP contribution in [0.15, 0.2) is 45.4 Å². The summed E-state index contributed by atoms with van der Waals surface area (Å²) in [5.74, 6) is 0.862. The second-order valence-electron chi connectivity index (χ2n) is 5.05. The number of anilines is 1. The van der Waals surface area contributed by atoms with E-state index in [1.807, 2.05) is 44.2 Å². The lowest BCUT2D eigenvalue weighted by Crippen LogP contribution is -2.06. The van der Waals surface area contributed by atoms with E-state index in [1.54, 1.807) is 6.20 Å². The Labute approximate surface area is 136 Å². The zero-order valence-corrected chi connectivity index (χ0v) is 14.0. The van der Waals surface area contributed by atoms with Crippen molar-refractivity contribution in [3.8, 4) is 0 Å².